The van der Waals surface area contributed by atoms with Gasteiger partial charge in [-0.3, -0.25) is 4.79 Å². The van der Waals surface area contributed by atoms with E-state index in [1.54, 1.807) is 29.6 Å². The second kappa shape index (κ2) is 9.23. The summed E-state index contributed by atoms with van der Waals surface area (Å²) in [7, 11) is 0. The number of rotatable bonds is 7. The monoisotopic (exact) mass is 443 g/mol. The highest BCUT2D eigenvalue weighted by Crippen LogP contribution is 2.30. The molecular weight excluding hydrogens is 431 g/mol. The van der Waals surface area contributed by atoms with Crippen LogP contribution in [-0.2, 0) is 6.61 Å². The van der Waals surface area contributed by atoms with Gasteiger partial charge >= 0.3 is 6.61 Å². The van der Waals surface area contributed by atoms with E-state index in [1.165, 1.54) is 29.5 Å². The minimum Gasteiger partial charge on any atom is -0.487 e. The number of para-hydroxylation sites is 1. The summed E-state index contributed by atoms with van der Waals surface area (Å²) in [5, 5.41) is 4.94. The van der Waals surface area contributed by atoms with Gasteiger partial charge in [0.15, 0.2) is 0 Å². The Balaban J connectivity index is 1.61. The van der Waals surface area contributed by atoms with E-state index in [4.69, 9.17) is 27.9 Å². The number of halogens is 4. The number of ether oxygens (including phenoxy) is 2. The van der Waals surface area contributed by atoms with Crippen LogP contribution in [0.4, 0.5) is 14.5 Å². The second-order valence-electron chi connectivity index (χ2n) is 5.52. The standard InChI is InChI=1S/C19H13Cl2F2NO3S/c20-13-3-1-2-4-15(13)26-9-11-7-17(28-10-11)18(25)24-12-5-6-16(14(21)8-12)27-19(22)23/h1-8,10,19H,9H2,(H,24,25). The van der Waals surface area contributed by atoms with Gasteiger partial charge in [-0.15, -0.1) is 11.3 Å². The largest absolute Gasteiger partial charge is 0.487 e. The highest BCUT2D eigenvalue weighted by molar-refractivity contribution is 7.12. The third-order valence-electron chi connectivity index (χ3n) is 3.51. The van der Waals surface area contributed by atoms with Crippen molar-refractivity contribution in [3.05, 3.63) is 74.4 Å². The van der Waals surface area contributed by atoms with Crippen LogP contribution in [0, 0.1) is 0 Å². The predicted octanol–water partition coefficient (Wildman–Crippen LogP) is 6.49. The topological polar surface area (TPSA) is 47.6 Å². The summed E-state index contributed by atoms with van der Waals surface area (Å²) in [6.45, 7) is -2.71. The van der Waals surface area contributed by atoms with Gasteiger partial charge in [-0.05, 0) is 41.8 Å². The van der Waals surface area contributed by atoms with E-state index in [-0.39, 0.29) is 23.3 Å². The minimum absolute atomic E-state index is 0.0295. The van der Waals surface area contributed by atoms with Crippen LogP contribution in [0.3, 0.4) is 0 Å². The molecule has 1 amide bonds. The molecule has 0 saturated carbocycles. The summed E-state index contributed by atoms with van der Waals surface area (Å²) in [6, 6.07) is 12.8. The molecular formula is C19H13Cl2F2NO3S. The Hall–Kier alpha value is -2.35. The minimum atomic E-state index is -2.98. The number of nitrogens with one attached hydrogen (secondary N) is 1. The van der Waals surface area contributed by atoms with Crippen LogP contribution in [0.1, 0.15) is 15.2 Å². The van der Waals surface area contributed by atoms with Crippen molar-refractivity contribution in [2.45, 2.75) is 13.2 Å². The van der Waals surface area contributed by atoms with E-state index in [1.807, 2.05) is 6.07 Å². The van der Waals surface area contributed by atoms with Crippen LogP contribution in [0.25, 0.3) is 0 Å². The summed E-state index contributed by atoms with van der Waals surface area (Å²) < 4.78 is 34.4. The Kier molecular flexibility index (Phi) is 6.72. The van der Waals surface area contributed by atoms with Crippen molar-refractivity contribution in [3.63, 3.8) is 0 Å². The summed E-state index contributed by atoms with van der Waals surface area (Å²) in [6.07, 6.45) is 0. The van der Waals surface area contributed by atoms with Crippen molar-refractivity contribution in [1.82, 2.24) is 0 Å². The maximum Gasteiger partial charge on any atom is 0.387 e. The molecule has 0 unspecified atom stereocenters. The first-order chi connectivity index (χ1) is 13.4. The Morgan fingerprint density at radius 1 is 1.07 bits per heavy atom. The lowest BCUT2D eigenvalue weighted by molar-refractivity contribution is -0.0497. The predicted molar refractivity (Wildman–Crippen MR) is 106 cm³/mol. The molecule has 0 fully saturated rings. The van der Waals surface area contributed by atoms with Crippen LogP contribution in [-0.4, -0.2) is 12.5 Å². The second-order valence-corrected chi connectivity index (χ2v) is 7.24. The molecule has 9 heteroatoms. The molecule has 0 aliphatic carbocycles. The number of carbonyl (C=O) groups is 1. The fourth-order valence-corrected chi connectivity index (χ4v) is 3.46. The molecule has 1 heterocycles. The molecule has 0 saturated heterocycles. The molecule has 0 spiro atoms. The Labute approximate surface area is 173 Å². The first-order valence-corrected chi connectivity index (χ1v) is 9.56. The van der Waals surface area contributed by atoms with Gasteiger partial charge < -0.3 is 14.8 Å². The van der Waals surface area contributed by atoms with Gasteiger partial charge in [-0.1, -0.05) is 35.3 Å². The van der Waals surface area contributed by atoms with E-state index < -0.39 is 6.61 Å². The van der Waals surface area contributed by atoms with Gasteiger partial charge in [-0.25, -0.2) is 0 Å². The van der Waals surface area contributed by atoms with Crippen molar-refractivity contribution in [1.29, 1.82) is 0 Å². The molecule has 28 heavy (non-hydrogen) atoms. The van der Waals surface area contributed by atoms with Crippen LogP contribution in [0.2, 0.25) is 10.0 Å². The van der Waals surface area contributed by atoms with Gasteiger partial charge in [-0.2, -0.15) is 8.78 Å². The average molecular weight is 444 g/mol. The van der Waals surface area contributed by atoms with E-state index in [9.17, 15) is 13.6 Å². The fraction of sp³-hybridized carbons (Fsp3) is 0.105. The van der Waals surface area contributed by atoms with Gasteiger partial charge in [0.05, 0.1) is 14.9 Å². The summed E-state index contributed by atoms with van der Waals surface area (Å²) in [5.41, 5.74) is 1.17. The number of thiophene rings is 1. The molecule has 0 atom stereocenters. The zero-order chi connectivity index (χ0) is 20.1. The van der Waals surface area contributed by atoms with E-state index in [2.05, 4.69) is 10.1 Å². The normalized spacial score (nSPS) is 10.8. The Morgan fingerprint density at radius 2 is 1.86 bits per heavy atom. The number of carbonyl (C=O) groups excluding carboxylic acids is 1. The lowest BCUT2D eigenvalue weighted by Gasteiger charge is -2.09. The van der Waals surface area contributed by atoms with Gasteiger partial charge in [0.1, 0.15) is 18.1 Å². The maximum absolute atomic E-state index is 12.4. The lowest BCUT2D eigenvalue weighted by Crippen LogP contribution is -2.10. The third-order valence-corrected chi connectivity index (χ3v) is 5.10. The Morgan fingerprint density at radius 3 is 2.57 bits per heavy atom. The highest BCUT2D eigenvalue weighted by atomic mass is 35.5. The first kappa shape index (κ1) is 20.4. The maximum atomic E-state index is 12.4. The third kappa shape index (κ3) is 5.34. The molecule has 1 N–H and O–H groups in total. The molecule has 0 bridgehead atoms. The van der Waals surface area contributed by atoms with Crippen molar-refractivity contribution < 1.29 is 23.0 Å². The number of alkyl halides is 2. The van der Waals surface area contributed by atoms with Crippen molar-refractivity contribution >= 4 is 46.1 Å². The van der Waals surface area contributed by atoms with Crippen LogP contribution >= 0.6 is 34.5 Å². The number of benzene rings is 2. The van der Waals surface area contributed by atoms with Crippen molar-refractivity contribution in [2.24, 2.45) is 0 Å². The molecule has 3 rings (SSSR count). The first-order valence-electron chi connectivity index (χ1n) is 7.93. The lowest BCUT2D eigenvalue weighted by atomic mass is 10.2. The fourth-order valence-electron chi connectivity index (χ4n) is 2.26. The van der Waals surface area contributed by atoms with Crippen LogP contribution < -0.4 is 14.8 Å². The zero-order valence-electron chi connectivity index (χ0n) is 14.1. The van der Waals surface area contributed by atoms with Gasteiger partial charge in [0, 0.05) is 11.3 Å². The summed E-state index contributed by atoms with van der Waals surface area (Å²) in [4.78, 5) is 12.8. The zero-order valence-corrected chi connectivity index (χ0v) is 16.5. The highest BCUT2D eigenvalue weighted by Gasteiger charge is 2.13. The molecule has 2 aromatic carbocycles. The Bertz CT molecular complexity index is 981. The number of anilines is 1. The van der Waals surface area contributed by atoms with Gasteiger partial charge in [0.2, 0.25) is 0 Å². The summed E-state index contributed by atoms with van der Waals surface area (Å²) >= 11 is 13.2. The number of hydrogen-bond acceptors (Lipinski definition) is 4. The molecule has 3 aromatic rings. The molecule has 146 valence electrons. The van der Waals surface area contributed by atoms with E-state index in [0.29, 0.717) is 21.3 Å². The molecule has 0 aliphatic rings. The quantitative estimate of drug-likeness (QED) is 0.453. The van der Waals surface area contributed by atoms with Gasteiger partial charge in [0.25, 0.3) is 5.91 Å². The van der Waals surface area contributed by atoms with Crippen molar-refractivity contribution in [2.75, 3.05) is 5.32 Å². The summed E-state index contributed by atoms with van der Waals surface area (Å²) in [5.74, 6) is 0.0412. The molecule has 0 aliphatic heterocycles. The SMILES string of the molecule is O=C(Nc1ccc(OC(F)F)c(Cl)c1)c1cc(COc2ccccc2Cl)cs1. The van der Waals surface area contributed by atoms with Crippen molar-refractivity contribution in [3.8, 4) is 11.5 Å². The molecule has 0 radical (unpaired) electrons. The van der Waals surface area contributed by atoms with Crippen LogP contribution in [0.5, 0.6) is 11.5 Å². The van der Waals surface area contributed by atoms with E-state index >= 15 is 0 Å². The smallest absolute Gasteiger partial charge is 0.387 e. The van der Waals surface area contributed by atoms with Crippen LogP contribution in [0.15, 0.2) is 53.9 Å². The molecule has 1 aromatic heterocycles. The number of amides is 1. The van der Waals surface area contributed by atoms with E-state index in [0.717, 1.165) is 5.56 Å². The number of hydrogen-bond donors (Lipinski definition) is 1. The average Bonchev–Trinajstić information content (AvgIpc) is 3.12. The molecule has 4 nitrogen and oxygen atoms in total.